The molecule has 5 rings (SSSR count). The molecule has 3 aromatic rings. The molecule has 0 saturated carbocycles. The van der Waals surface area contributed by atoms with Crippen molar-refractivity contribution in [2.24, 2.45) is 5.92 Å². The van der Waals surface area contributed by atoms with Crippen molar-refractivity contribution in [3.63, 3.8) is 0 Å². The Hall–Kier alpha value is -3.59. The van der Waals surface area contributed by atoms with Gasteiger partial charge in [-0.1, -0.05) is 25.1 Å². The highest BCUT2D eigenvalue weighted by Crippen LogP contribution is 2.27. The number of piperidine rings is 1. The number of carbonyl (C=O) groups is 2. The molecule has 0 bridgehead atoms. The van der Waals surface area contributed by atoms with E-state index in [-0.39, 0.29) is 18.0 Å². The molecule has 0 spiro atoms. The van der Waals surface area contributed by atoms with Crippen molar-refractivity contribution in [3.8, 4) is 11.5 Å². The Kier molecular flexibility index (Phi) is 7.32. The Morgan fingerprint density at radius 1 is 1.00 bits per heavy atom. The van der Waals surface area contributed by atoms with Gasteiger partial charge in [-0.15, -0.1) is 10.2 Å². The zero-order valence-corrected chi connectivity index (χ0v) is 21.9. The van der Waals surface area contributed by atoms with Gasteiger partial charge in [-0.25, -0.2) is 9.78 Å². The molecular weight excluding hydrogens is 466 g/mol. The van der Waals surface area contributed by atoms with E-state index in [0.717, 1.165) is 38.2 Å². The third kappa shape index (κ3) is 5.27. The van der Waals surface area contributed by atoms with Crippen LogP contribution < -0.4 is 9.80 Å². The van der Waals surface area contributed by atoms with E-state index in [9.17, 15) is 9.59 Å². The first kappa shape index (κ1) is 25.1. The number of likely N-dealkylation sites (tertiary alicyclic amines) is 1. The zero-order chi connectivity index (χ0) is 25.9. The average Bonchev–Trinajstić information content (AvgIpc) is 3.57. The minimum atomic E-state index is -0.0783. The standard InChI is InChI=1S/C28H35N7O2/c1-4-25(36)22-12-14-32(15-13-22)18-21-8-10-23(11-9-21)33-16-17-34(28(33)37)26-7-5-6-24(30-26)27-31-29-19-35(27)20(2)3/h5-11,19-20,22H,4,12-18H2,1-3H3. The van der Waals surface area contributed by atoms with Crippen molar-refractivity contribution in [1.29, 1.82) is 0 Å². The van der Waals surface area contributed by atoms with Gasteiger partial charge in [0.25, 0.3) is 0 Å². The molecule has 2 saturated heterocycles. The lowest BCUT2D eigenvalue weighted by atomic mass is 9.91. The van der Waals surface area contributed by atoms with Gasteiger partial charge < -0.3 is 4.57 Å². The summed E-state index contributed by atoms with van der Waals surface area (Å²) in [4.78, 5) is 36.0. The normalized spacial score (nSPS) is 17.2. The lowest BCUT2D eigenvalue weighted by Crippen LogP contribution is -2.35. The summed E-state index contributed by atoms with van der Waals surface area (Å²) >= 11 is 0. The second-order valence-corrected chi connectivity index (χ2v) is 10.2. The van der Waals surface area contributed by atoms with Gasteiger partial charge in [-0.3, -0.25) is 19.5 Å². The number of urea groups is 1. The van der Waals surface area contributed by atoms with E-state index in [1.54, 1.807) is 16.1 Å². The van der Waals surface area contributed by atoms with Crippen LogP contribution in [0.15, 0.2) is 48.8 Å². The molecule has 4 heterocycles. The first-order valence-electron chi connectivity index (χ1n) is 13.2. The Balaban J connectivity index is 1.23. The maximum Gasteiger partial charge on any atom is 0.330 e. The van der Waals surface area contributed by atoms with Crippen LogP contribution in [0.5, 0.6) is 0 Å². The van der Waals surface area contributed by atoms with Gasteiger partial charge in [0.1, 0.15) is 23.6 Å². The molecule has 0 N–H and O–H groups in total. The fourth-order valence-electron chi connectivity index (χ4n) is 5.23. The summed E-state index contributed by atoms with van der Waals surface area (Å²) in [5.41, 5.74) is 2.80. The van der Waals surface area contributed by atoms with E-state index in [1.807, 2.05) is 41.8 Å². The zero-order valence-electron chi connectivity index (χ0n) is 21.9. The summed E-state index contributed by atoms with van der Waals surface area (Å²) in [5, 5.41) is 8.28. The van der Waals surface area contributed by atoms with Crippen LogP contribution in [0.25, 0.3) is 11.5 Å². The van der Waals surface area contributed by atoms with Crippen LogP contribution in [0.3, 0.4) is 0 Å². The predicted octanol–water partition coefficient (Wildman–Crippen LogP) is 4.56. The fraction of sp³-hybridized carbons (Fsp3) is 0.464. The second-order valence-electron chi connectivity index (χ2n) is 10.2. The second kappa shape index (κ2) is 10.8. The van der Waals surface area contributed by atoms with Gasteiger partial charge >= 0.3 is 6.03 Å². The lowest BCUT2D eigenvalue weighted by Gasteiger charge is -2.31. The van der Waals surface area contributed by atoms with Gasteiger partial charge in [-0.2, -0.15) is 0 Å². The first-order chi connectivity index (χ1) is 17.9. The van der Waals surface area contributed by atoms with Crippen LogP contribution >= 0.6 is 0 Å². The Labute approximate surface area is 218 Å². The number of Topliss-reactive ketones (excluding diaryl/α,β-unsaturated/α-hetero) is 1. The number of hydrogen-bond donors (Lipinski definition) is 0. The maximum atomic E-state index is 13.3. The lowest BCUT2D eigenvalue weighted by molar-refractivity contribution is -0.124. The predicted molar refractivity (Wildman–Crippen MR) is 143 cm³/mol. The summed E-state index contributed by atoms with van der Waals surface area (Å²) < 4.78 is 1.97. The number of carbonyl (C=O) groups excluding carboxylic acids is 2. The van der Waals surface area contributed by atoms with Crippen LogP contribution in [0, 0.1) is 5.92 Å². The molecule has 0 atom stereocenters. The quantitative estimate of drug-likeness (QED) is 0.450. The number of amides is 2. The topological polar surface area (TPSA) is 87.5 Å². The van der Waals surface area contributed by atoms with Crippen LogP contribution in [-0.2, 0) is 11.3 Å². The number of aromatic nitrogens is 4. The highest BCUT2D eigenvalue weighted by Gasteiger charge is 2.32. The Bertz CT molecular complexity index is 1250. The molecule has 2 aliphatic heterocycles. The summed E-state index contributed by atoms with van der Waals surface area (Å²) in [5.74, 6) is 1.94. The molecule has 2 aromatic heterocycles. The van der Waals surface area contributed by atoms with Crippen molar-refractivity contribution >= 4 is 23.3 Å². The van der Waals surface area contributed by atoms with Gasteiger partial charge in [0.2, 0.25) is 0 Å². The molecule has 194 valence electrons. The van der Waals surface area contributed by atoms with Crippen molar-refractivity contribution in [2.45, 2.75) is 52.6 Å². The first-order valence-corrected chi connectivity index (χ1v) is 13.2. The van der Waals surface area contributed by atoms with Gasteiger partial charge in [0.05, 0.1) is 0 Å². The van der Waals surface area contributed by atoms with E-state index in [1.165, 1.54) is 5.56 Å². The molecular formula is C28H35N7O2. The van der Waals surface area contributed by atoms with Crippen LogP contribution in [0.1, 0.15) is 51.6 Å². The summed E-state index contributed by atoms with van der Waals surface area (Å²) in [7, 11) is 0. The number of hydrogen-bond acceptors (Lipinski definition) is 6. The third-order valence-corrected chi connectivity index (χ3v) is 7.42. The van der Waals surface area contributed by atoms with Crippen molar-refractivity contribution in [3.05, 3.63) is 54.4 Å². The largest absolute Gasteiger partial charge is 0.330 e. The molecule has 0 aliphatic carbocycles. The van der Waals surface area contributed by atoms with E-state index in [0.29, 0.717) is 42.6 Å². The summed E-state index contributed by atoms with van der Waals surface area (Å²) in [6.45, 7) is 10.0. The van der Waals surface area contributed by atoms with Gasteiger partial charge in [0, 0.05) is 43.7 Å². The number of ketones is 1. The average molecular weight is 502 g/mol. The monoisotopic (exact) mass is 501 g/mol. The highest BCUT2D eigenvalue weighted by molar-refractivity contribution is 6.05. The summed E-state index contributed by atoms with van der Waals surface area (Å²) in [6.07, 6.45) is 4.25. The number of benzene rings is 1. The minimum Gasteiger partial charge on any atom is -0.310 e. The Morgan fingerprint density at radius 2 is 1.73 bits per heavy atom. The number of nitrogens with zero attached hydrogens (tertiary/aromatic N) is 7. The van der Waals surface area contributed by atoms with Crippen molar-refractivity contribution in [2.75, 3.05) is 36.0 Å². The van der Waals surface area contributed by atoms with Gasteiger partial charge in [-0.05, 0) is 69.6 Å². The molecule has 1 aromatic carbocycles. The van der Waals surface area contributed by atoms with E-state index in [4.69, 9.17) is 4.98 Å². The van der Waals surface area contributed by atoms with Crippen molar-refractivity contribution < 1.29 is 9.59 Å². The SMILES string of the molecule is CCC(=O)C1CCN(Cc2ccc(N3CCN(c4cccc(-c5nncn5C(C)C)n4)C3=O)cc2)CC1. The third-order valence-electron chi connectivity index (χ3n) is 7.42. The smallest absolute Gasteiger partial charge is 0.310 e. The molecule has 2 fully saturated rings. The van der Waals surface area contributed by atoms with Crippen molar-refractivity contribution in [1.82, 2.24) is 24.6 Å². The van der Waals surface area contributed by atoms with Crippen LogP contribution in [0.4, 0.5) is 16.3 Å². The number of anilines is 2. The molecule has 9 heteroatoms. The molecule has 2 amide bonds. The Morgan fingerprint density at radius 3 is 2.43 bits per heavy atom. The molecule has 2 aliphatic rings. The van der Waals surface area contributed by atoms with Gasteiger partial charge in [0.15, 0.2) is 5.82 Å². The number of pyridine rings is 1. The highest BCUT2D eigenvalue weighted by atomic mass is 16.2. The fourth-order valence-corrected chi connectivity index (χ4v) is 5.23. The maximum absolute atomic E-state index is 13.3. The van der Waals surface area contributed by atoms with Crippen LogP contribution in [0.2, 0.25) is 0 Å². The summed E-state index contributed by atoms with van der Waals surface area (Å²) in [6, 6.07) is 14.1. The molecule has 9 nitrogen and oxygen atoms in total. The van der Waals surface area contributed by atoms with Crippen LogP contribution in [-0.4, -0.2) is 62.6 Å². The van der Waals surface area contributed by atoms with E-state index in [2.05, 4.69) is 41.1 Å². The minimum absolute atomic E-state index is 0.0783. The molecule has 0 unspecified atom stereocenters. The van der Waals surface area contributed by atoms with E-state index < -0.39 is 0 Å². The van der Waals surface area contributed by atoms with E-state index >= 15 is 0 Å². The molecule has 0 radical (unpaired) electrons. The molecule has 37 heavy (non-hydrogen) atoms. The number of rotatable bonds is 8.